The van der Waals surface area contributed by atoms with Crippen LogP contribution in [0, 0.1) is 0 Å². The Balaban J connectivity index is 1.06. The number of fused-ring (bicyclic) bond motifs is 5. The van der Waals surface area contributed by atoms with Crippen LogP contribution in [0.5, 0.6) is 0 Å². The fraction of sp³-hybridized carbons (Fsp3) is 0. The molecule has 0 atom stereocenters. The molecule has 0 amide bonds. The molecule has 0 fully saturated rings. The molecule has 10 aromatic carbocycles. The predicted molar refractivity (Wildman–Crippen MR) is 266 cm³/mol. The number of anilines is 3. The summed E-state index contributed by atoms with van der Waals surface area (Å²) < 4.78 is 9.17. The highest BCUT2D eigenvalue weighted by atomic mass is 32.1. The van der Waals surface area contributed by atoms with Crippen LogP contribution in [0.3, 0.4) is 0 Å². The van der Waals surface area contributed by atoms with E-state index in [1.165, 1.54) is 58.8 Å². The van der Waals surface area contributed by atoms with Gasteiger partial charge in [-0.05, 0) is 110 Å². The average molecular weight is 823 g/mol. The molecule has 0 unspecified atom stereocenters. The standard InChI is InChI=1S/C59H38N2OS/c1-4-16-39(17-5-1)44-24-14-25-46(36-44)61(47-34-35-49(40-18-6-2-7-19-40)52(37-47)50-28-15-23-41-20-10-11-26-48(41)50)45-32-30-42(31-33-45)56-57-54(60-59(62-57)43-21-8-3-9-22-43)38-53-51-27-12-13-29-55(51)63-58(53)56/h1-38H. The monoisotopic (exact) mass is 822 g/mol. The molecule has 4 heteroatoms. The Morgan fingerprint density at radius 3 is 1.79 bits per heavy atom. The first-order valence-corrected chi connectivity index (χ1v) is 22.1. The van der Waals surface area contributed by atoms with Gasteiger partial charge in [-0.15, -0.1) is 11.3 Å². The van der Waals surface area contributed by atoms with E-state index in [0.717, 1.165) is 50.4 Å². The summed E-state index contributed by atoms with van der Waals surface area (Å²) in [6, 6.07) is 82.4. The number of hydrogen-bond donors (Lipinski definition) is 0. The zero-order chi connectivity index (χ0) is 41.7. The van der Waals surface area contributed by atoms with Gasteiger partial charge in [0, 0.05) is 48.4 Å². The summed E-state index contributed by atoms with van der Waals surface area (Å²) in [5, 5.41) is 4.86. The first-order valence-electron chi connectivity index (χ1n) is 21.3. The van der Waals surface area contributed by atoms with E-state index >= 15 is 0 Å². The summed E-state index contributed by atoms with van der Waals surface area (Å²) in [7, 11) is 0. The Morgan fingerprint density at radius 2 is 1.00 bits per heavy atom. The van der Waals surface area contributed by atoms with Gasteiger partial charge in [0.05, 0.1) is 0 Å². The van der Waals surface area contributed by atoms with Crippen LogP contribution in [-0.4, -0.2) is 4.98 Å². The Hall–Kier alpha value is -8.05. The Morgan fingerprint density at radius 1 is 0.381 bits per heavy atom. The number of hydrogen-bond acceptors (Lipinski definition) is 4. The summed E-state index contributed by atoms with van der Waals surface area (Å²) in [4.78, 5) is 7.46. The van der Waals surface area contributed by atoms with Crippen LogP contribution in [0.25, 0.3) is 98.0 Å². The zero-order valence-electron chi connectivity index (χ0n) is 34.2. The molecule has 0 bridgehead atoms. The lowest BCUT2D eigenvalue weighted by Crippen LogP contribution is -2.10. The fourth-order valence-electron chi connectivity index (χ4n) is 9.11. The normalized spacial score (nSPS) is 11.5. The number of thiophene rings is 1. The minimum atomic E-state index is 0.621. The first-order chi connectivity index (χ1) is 31.2. The van der Waals surface area contributed by atoms with Gasteiger partial charge in [-0.1, -0.05) is 170 Å². The third-order valence-electron chi connectivity index (χ3n) is 12.1. The maximum absolute atomic E-state index is 6.73. The van der Waals surface area contributed by atoms with Crippen molar-refractivity contribution in [3.05, 3.63) is 231 Å². The third kappa shape index (κ3) is 6.56. The highest BCUT2D eigenvalue weighted by Gasteiger charge is 2.22. The van der Waals surface area contributed by atoms with Gasteiger partial charge < -0.3 is 9.32 Å². The molecule has 0 aliphatic rings. The highest BCUT2D eigenvalue weighted by Crippen LogP contribution is 2.47. The van der Waals surface area contributed by atoms with Crippen molar-refractivity contribution < 1.29 is 4.42 Å². The van der Waals surface area contributed by atoms with E-state index in [0.29, 0.717) is 5.89 Å². The van der Waals surface area contributed by atoms with Crippen molar-refractivity contribution in [1.82, 2.24) is 4.98 Å². The van der Waals surface area contributed by atoms with Gasteiger partial charge in [-0.25, -0.2) is 4.98 Å². The van der Waals surface area contributed by atoms with E-state index in [1.54, 1.807) is 0 Å². The molecule has 0 aliphatic carbocycles. The van der Waals surface area contributed by atoms with Crippen LogP contribution in [0.2, 0.25) is 0 Å². The zero-order valence-corrected chi connectivity index (χ0v) is 35.0. The van der Waals surface area contributed by atoms with Gasteiger partial charge in [-0.3, -0.25) is 0 Å². The van der Waals surface area contributed by atoms with Gasteiger partial charge >= 0.3 is 0 Å². The van der Waals surface area contributed by atoms with Crippen LogP contribution in [0.4, 0.5) is 17.1 Å². The highest BCUT2D eigenvalue weighted by molar-refractivity contribution is 7.26. The molecule has 0 radical (unpaired) electrons. The maximum Gasteiger partial charge on any atom is 0.227 e. The Labute approximate surface area is 369 Å². The van der Waals surface area contributed by atoms with Gasteiger partial charge in [0.2, 0.25) is 5.89 Å². The lowest BCUT2D eigenvalue weighted by Gasteiger charge is -2.27. The molecule has 2 heterocycles. The number of oxazole rings is 1. The van der Waals surface area contributed by atoms with Gasteiger partial charge in [-0.2, -0.15) is 0 Å². The summed E-state index contributed by atoms with van der Waals surface area (Å²) in [5.74, 6) is 0.621. The molecule has 0 N–H and O–H groups in total. The third-order valence-corrected chi connectivity index (χ3v) is 13.3. The van der Waals surface area contributed by atoms with Crippen LogP contribution in [-0.2, 0) is 0 Å². The Kier molecular flexibility index (Phi) is 9.02. The fourth-order valence-corrected chi connectivity index (χ4v) is 10.4. The smallest absolute Gasteiger partial charge is 0.227 e. The minimum absolute atomic E-state index is 0.621. The van der Waals surface area contributed by atoms with Gasteiger partial charge in [0.25, 0.3) is 0 Å². The molecule has 63 heavy (non-hydrogen) atoms. The van der Waals surface area contributed by atoms with Crippen LogP contribution < -0.4 is 4.90 Å². The van der Waals surface area contributed by atoms with E-state index in [1.807, 2.05) is 29.5 Å². The SMILES string of the molecule is c1ccc(-c2cccc(N(c3ccc(-c4c5oc(-c6ccccc6)nc5cc5c4sc4ccccc45)cc3)c3ccc(-c4ccccc4)c(-c4cccc5ccccc45)c3)c2)cc1. The van der Waals surface area contributed by atoms with E-state index in [2.05, 4.69) is 217 Å². The van der Waals surface area contributed by atoms with Crippen molar-refractivity contribution in [2.75, 3.05) is 4.90 Å². The van der Waals surface area contributed by atoms with Crippen LogP contribution >= 0.6 is 11.3 Å². The van der Waals surface area contributed by atoms with Crippen LogP contribution in [0.15, 0.2) is 235 Å². The predicted octanol–water partition coefficient (Wildman–Crippen LogP) is 17.2. The minimum Gasteiger partial charge on any atom is -0.435 e. The molecule has 2 aromatic heterocycles. The van der Waals surface area contributed by atoms with Crippen molar-refractivity contribution in [1.29, 1.82) is 0 Å². The van der Waals surface area contributed by atoms with Gasteiger partial charge in [0.15, 0.2) is 5.58 Å². The first kappa shape index (κ1) is 36.8. The molecular weight excluding hydrogens is 785 g/mol. The van der Waals surface area contributed by atoms with E-state index in [9.17, 15) is 0 Å². The average Bonchev–Trinajstić information content (AvgIpc) is 3.96. The topological polar surface area (TPSA) is 29.3 Å². The molecular formula is C59H38N2OS. The van der Waals surface area contributed by atoms with Crippen molar-refractivity contribution in [3.8, 4) is 56.0 Å². The lowest BCUT2D eigenvalue weighted by molar-refractivity contribution is 0.621. The number of nitrogens with zero attached hydrogens (tertiary/aromatic N) is 2. The molecule has 0 aliphatic heterocycles. The molecule has 296 valence electrons. The summed E-state index contributed by atoms with van der Waals surface area (Å²) in [5.41, 5.74) is 15.0. The van der Waals surface area contributed by atoms with Crippen LogP contribution in [0.1, 0.15) is 0 Å². The lowest BCUT2D eigenvalue weighted by atomic mass is 9.90. The molecule has 12 rings (SSSR count). The molecule has 3 nitrogen and oxygen atoms in total. The number of benzene rings is 10. The van der Waals surface area contributed by atoms with Crippen molar-refractivity contribution in [2.24, 2.45) is 0 Å². The van der Waals surface area contributed by atoms with Crippen molar-refractivity contribution in [2.45, 2.75) is 0 Å². The van der Waals surface area contributed by atoms with Crippen molar-refractivity contribution >= 4 is 70.4 Å². The van der Waals surface area contributed by atoms with Gasteiger partial charge in [0.1, 0.15) is 5.52 Å². The van der Waals surface area contributed by atoms with E-state index in [-0.39, 0.29) is 0 Å². The summed E-state index contributed by atoms with van der Waals surface area (Å²) in [6.45, 7) is 0. The second kappa shape index (κ2) is 15.4. The molecule has 0 saturated heterocycles. The second-order valence-corrected chi connectivity index (χ2v) is 16.9. The largest absolute Gasteiger partial charge is 0.435 e. The molecule has 0 spiro atoms. The molecule has 12 aromatic rings. The number of rotatable bonds is 8. The van der Waals surface area contributed by atoms with E-state index in [4.69, 9.17) is 9.40 Å². The molecule has 0 saturated carbocycles. The summed E-state index contributed by atoms with van der Waals surface area (Å²) in [6.07, 6.45) is 0. The Bertz CT molecular complexity index is 3610. The number of aromatic nitrogens is 1. The van der Waals surface area contributed by atoms with E-state index < -0.39 is 0 Å². The maximum atomic E-state index is 6.73. The quantitative estimate of drug-likeness (QED) is 0.153. The van der Waals surface area contributed by atoms with Crippen molar-refractivity contribution in [3.63, 3.8) is 0 Å². The summed E-state index contributed by atoms with van der Waals surface area (Å²) >= 11 is 1.81. The second-order valence-electron chi connectivity index (χ2n) is 15.9.